The summed E-state index contributed by atoms with van der Waals surface area (Å²) in [5, 5.41) is 3.05. The van der Waals surface area contributed by atoms with Crippen LogP contribution < -0.4 is 5.32 Å². The molecule has 0 bridgehead atoms. The van der Waals surface area contributed by atoms with Crippen molar-refractivity contribution in [3.63, 3.8) is 0 Å². The second-order valence-electron chi connectivity index (χ2n) is 10.0. The molecule has 0 aliphatic rings. The molecule has 0 spiro atoms. The Balaban J connectivity index is 4.30. The maximum absolute atomic E-state index is 12.4. The van der Waals surface area contributed by atoms with Gasteiger partial charge in [0, 0.05) is 18.3 Å². The fourth-order valence-electron chi connectivity index (χ4n) is 4.03. The Labute approximate surface area is 210 Å². The van der Waals surface area contributed by atoms with Gasteiger partial charge >= 0.3 is 11.9 Å². The first-order chi connectivity index (χ1) is 16.4. The van der Waals surface area contributed by atoms with E-state index in [1.807, 2.05) is 7.05 Å². The maximum Gasteiger partial charge on any atom is 0.305 e. The van der Waals surface area contributed by atoms with E-state index in [-0.39, 0.29) is 17.4 Å². The predicted octanol–water partition coefficient (Wildman–Crippen LogP) is 7.38. The van der Waals surface area contributed by atoms with Crippen LogP contribution >= 0.6 is 0 Å². The lowest BCUT2D eigenvalue weighted by molar-refractivity contribution is -0.155. The van der Waals surface area contributed by atoms with Crippen molar-refractivity contribution in [2.45, 2.75) is 124 Å². The first-order valence-electron chi connectivity index (χ1n) is 14.0. The van der Waals surface area contributed by atoms with Crippen LogP contribution in [-0.4, -0.2) is 38.7 Å². The summed E-state index contributed by atoms with van der Waals surface area (Å²) in [7, 11) is 1.88. The number of ether oxygens (including phenoxy) is 2. The fraction of sp³-hybridized carbons (Fsp3) is 0.862. The smallest absolute Gasteiger partial charge is 0.305 e. The van der Waals surface area contributed by atoms with E-state index in [0.29, 0.717) is 32.0 Å². The summed E-state index contributed by atoms with van der Waals surface area (Å²) in [4.78, 5) is 24.5. The van der Waals surface area contributed by atoms with Gasteiger partial charge in [0.1, 0.15) is 13.2 Å². The summed E-state index contributed by atoms with van der Waals surface area (Å²) < 4.78 is 11.3. The Morgan fingerprint density at radius 1 is 0.824 bits per heavy atom. The highest BCUT2D eigenvalue weighted by Crippen LogP contribution is 2.33. The molecule has 0 radical (unpaired) electrons. The van der Waals surface area contributed by atoms with Gasteiger partial charge in [-0.1, -0.05) is 78.4 Å². The second kappa shape index (κ2) is 22.1. The molecule has 1 N–H and O–H groups in total. The van der Waals surface area contributed by atoms with Gasteiger partial charge in [-0.25, -0.2) is 0 Å². The Bertz CT molecular complexity index is 534. The van der Waals surface area contributed by atoms with E-state index in [9.17, 15) is 9.59 Å². The average molecular weight is 482 g/mol. The highest BCUT2D eigenvalue weighted by Gasteiger charge is 2.33. The minimum absolute atomic E-state index is 0.124. The fourth-order valence-corrected chi connectivity index (χ4v) is 4.03. The van der Waals surface area contributed by atoms with Crippen molar-refractivity contribution in [1.82, 2.24) is 5.32 Å². The standard InChI is InChI=1S/C29H55NO4/c1-6-9-10-11-12-13-14-15-16-17-18-20-27(31)33-24-29(8-3,23-26(4)7-2)25-34-28(32)21-19-22-30-5/h11-12,26,30H,6-10,13-25H2,1-5H3/b12-11-. The number of allylic oxidation sites excluding steroid dienone is 2. The zero-order valence-corrected chi connectivity index (χ0v) is 23.1. The summed E-state index contributed by atoms with van der Waals surface area (Å²) >= 11 is 0. The topological polar surface area (TPSA) is 64.6 Å². The van der Waals surface area contributed by atoms with Gasteiger partial charge in [-0.05, 0) is 64.5 Å². The van der Waals surface area contributed by atoms with Crippen molar-refractivity contribution in [3.05, 3.63) is 12.2 Å². The van der Waals surface area contributed by atoms with Gasteiger partial charge in [-0.15, -0.1) is 0 Å². The van der Waals surface area contributed by atoms with E-state index in [2.05, 4.69) is 45.2 Å². The van der Waals surface area contributed by atoms with Crippen LogP contribution in [0.4, 0.5) is 0 Å². The Kier molecular flexibility index (Phi) is 21.2. The van der Waals surface area contributed by atoms with Crippen LogP contribution in [0.15, 0.2) is 12.2 Å². The lowest BCUT2D eigenvalue weighted by Crippen LogP contribution is -2.35. The van der Waals surface area contributed by atoms with E-state index in [1.165, 1.54) is 44.9 Å². The van der Waals surface area contributed by atoms with Crippen LogP contribution in [0.3, 0.4) is 0 Å². The van der Waals surface area contributed by atoms with Crippen molar-refractivity contribution < 1.29 is 19.1 Å². The summed E-state index contributed by atoms with van der Waals surface area (Å²) in [6.45, 7) is 10.2. The molecule has 0 aliphatic heterocycles. The number of unbranched alkanes of at least 4 members (excludes halogenated alkanes) is 7. The third-order valence-corrected chi connectivity index (χ3v) is 6.76. The summed E-state index contributed by atoms with van der Waals surface area (Å²) in [6, 6.07) is 0. The molecular weight excluding hydrogens is 426 g/mol. The molecule has 2 atom stereocenters. The number of carbonyl (C=O) groups is 2. The number of hydrogen-bond acceptors (Lipinski definition) is 5. The van der Waals surface area contributed by atoms with Gasteiger partial charge < -0.3 is 14.8 Å². The average Bonchev–Trinajstić information content (AvgIpc) is 2.84. The van der Waals surface area contributed by atoms with Crippen LogP contribution in [0.25, 0.3) is 0 Å². The molecule has 0 saturated heterocycles. The Morgan fingerprint density at radius 2 is 1.38 bits per heavy atom. The van der Waals surface area contributed by atoms with Gasteiger partial charge in [0.25, 0.3) is 0 Å². The molecule has 5 nitrogen and oxygen atoms in total. The van der Waals surface area contributed by atoms with Gasteiger partial charge in [-0.3, -0.25) is 9.59 Å². The number of hydrogen-bond donors (Lipinski definition) is 1. The van der Waals surface area contributed by atoms with Crippen molar-refractivity contribution in [3.8, 4) is 0 Å². The van der Waals surface area contributed by atoms with Crippen molar-refractivity contribution in [2.75, 3.05) is 26.8 Å². The highest BCUT2D eigenvalue weighted by molar-refractivity contribution is 5.69. The minimum atomic E-state index is -0.297. The van der Waals surface area contributed by atoms with Crippen LogP contribution in [0.1, 0.15) is 124 Å². The minimum Gasteiger partial charge on any atom is -0.465 e. The highest BCUT2D eigenvalue weighted by atomic mass is 16.5. The van der Waals surface area contributed by atoms with Crippen LogP contribution in [0.5, 0.6) is 0 Å². The SMILES string of the molecule is CCCC/C=C\CCCCCCCC(=O)OCC(CC)(COC(=O)CCCNC)CC(C)CC. The first-order valence-corrected chi connectivity index (χ1v) is 14.0. The zero-order valence-electron chi connectivity index (χ0n) is 23.1. The van der Waals surface area contributed by atoms with Crippen molar-refractivity contribution >= 4 is 11.9 Å². The molecular formula is C29H55NO4. The second-order valence-corrected chi connectivity index (χ2v) is 10.0. The van der Waals surface area contributed by atoms with Crippen molar-refractivity contribution in [2.24, 2.45) is 11.3 Å². The predicted molar refractivity (Wildman–Crippen MR) is 143 cm³/mol. The van der Waals surface area contributed by atoms with E-state index in [1.54, 1.807) is 0 Å². The normalized spacial score (nSPS) is 14.1. The van der Waals surface area contributed by atoms with Gasteiger partial charge in [-0.2, -0.15) is 0 Å². The Hall–Kier alpha value is -1.36. The van der Waals surface area contributed by atoms with E-state index >= 15 is 0 Å². The molecule has 200 valence electrons. The monoisotopic (exact) mass is 481 g/mol. The Morgan fingerprint density at radius 3 is 1.94 bits per heavy atom. The summed E-state index contributed by atoms with van der Waals surface area (Å²) in [5.74, 6) is 0.198. The molecule has 5 heteroatoms. The third-order valence-electron chi connectivity index (χ3n) is 6.76. The molecule has 0 aromatic heterocycles. The van der Waals surface area contributed by atoms with Crippen LogP contribution in [0.2, 0.25) is 0 Å². The molecule has 34 heavy (non-hydrogen) atoms. The van der Waals surface area contributed by atoms with E-state index < -0.39 is 0 Å². The summed E-state index contributed by atoms with van der Waals surface area (Å²) in [5.41, 5.74) is -0.297. The van der Waals surface area contributed by atoms with Crippen molar-refractivity contribution in [1.29, 1.82) is 0 Å². The lowest BCUT2D eigenvalue weighted by Gasteiger charge is -2.34. The van der Waals surface area contributed by atoms with E-state index in [0.717, 1.165) is 45.1 Å². The van der Waals surface area contributed by atoms with Gasteiger partial charge in [0.2, 0.25) is 0 Å². The first kappa shape index (κ1) is 32.6. The third kappa shape index (κ3) is 18.0. The molecule has 2 unspecified atom stereocenters. The molecule has 0 fully saturated rings. The quantitative estimate of drug-likeness (QED) is 0.0936. The molecule has 0 aliphatic carbocycles. The van der Waals surface area contributed by atoms with Gasteiger partial charge in [0.15, 0.2) is 0 Å². The maximum atomic E-state index is 12.4. The number of nitrogens with one attached hydrogen (secondary N) is 1. The van der Waals surface area contributed by atoms with Crippen LogP contribution in [-0.2, 0) is 19.1 Å². The van der Waals surface area contributed by atoms with Crippen LogP contribution in [0, 0.1) is 11.3 Å². The largest absolute Gasteiger partial charge is 0.465 e. The molecule has 0 amide bonds. The number of carbonyl (C=O) groups excluding carboxylic acids is 2. The summed E-state index contributed by atoms with van der Waals surface area (Å²) in [6.07, 6.45) is 19.5. The van der Waals surface area contributed by atoms with E-state index in [4.69, 9.17) is 9.47 Å². The molecule has 0 rings (SSSR count). The number of rotatable bonds is 23. The van der Waals surface area contributed by atoms with Gasteiger partial charge in [0.05, 0.1) is 0 Å². The molecule has 0 heterocycles. The number of esters is 2. The molecule has 0 aromatic rings. The molecule has 0 aromatic carbocycles. The zero-order chi connectivity index (χ0) is 25.5. The lowest BCUT2D eigenvalue weighted by atomic mass is 9.78. The molecule has 0 saturated carbocycles.